The van der Waals surface area contributed by atoms with Crippen LogP contribution in [0.1, 0.15) is 18.1 Å². The van der Waals surface area contributed by atoms with E-state index in [4.69, 9.17) is 0 Å². The van der Waals surface area contributed by atoms with Crippen molar-refractivity contribution in [3.8, 4) is 11.1 Å². The van der Waals surface area contributed by atoms with E-state index in [1.54, 1.807) is 0 Å². The summed E-state index contributed by atoms with van der Waals surface area (Å²) >= 11 is 0. The molecule has 0 aliphatic heterocycles. The number of sulfonamides is 1. The van der Waals surface area contributed by atoms with Crippen LogP contribution in [-0.4, -0.2) is 20.4 Å². The number of amides is 1. The smallest absolute Gasteiger partial charge is 0.242 e. The molecule has 148 valence electrons. The van der Waals surface area contributed by atoms with Crippen molar-refractivity contribution in [3.63, 3.8) is 0 Å². The van der Waals surface area contributed by atoms with Gasteiger partial charge >= 0.3 is 0 Å². The number of hydrogen-bond donors (Lipinski definition) is 2. The van der Waals surface area contributed by atoms with E-state index < -0.39 is 27.8 Å². The van der Waals surface area contributed by atoms with Gasteiger partial charge in [-0.05, 0) is 72.0 Å². The van der Waals surface area contributed by atoms with Crippen molar-refractivity contribution in [2.45, 2.75) is 24.3 Å². The Morgan fingerprint density at radius 3 is 2.41 bits per heavy atom. The van der Waals surface area contributed by atoms with Crippen LogP contribution in [0.4, 0.5) is 10.1 Å². The molecule has 3 aromatic rings. The Kier molecular flexibility index (Phi) is 4.94. The van der Waals surface area contributed by atoms with E-state index in [1.807, 2.05) is 36.4 Å². The fourth-order valence-corrected chi connectivity index (χ4v) is 4.62. The summed E-state index contributed by atoms with van der Waals surface area (Å²) in [6.45, 7) is 1.46. The van der Waals surface area contributed by atoms with Crippen LogP contribution in [0, 0.1) is 5.82 Å². The van der Waals surface area contributed by atoms with E-state index in [1.165, 1.54) is 18.1 Å². The second kappa shape index (κ2) is 7.42. The summed E-state index contributed by atoms with van der Waals surface area (Å²) in [7, 11) is -3.94. The molecule has 0 aromatic heterocycles. The van der Waals surface area contributed by atoms with Crippen LogP contribution in [0.25, 0.3) is 11.1 Å². The molecule has 0 heterocycles. The number of rotatable bonds is 5. The van der Waals surface area contributed by atoms with Gasteiger partial charge in [0.1, 0.15) is 5.82 Å². The minimum atomic E-state index is -3.94. The quantitative estimate of drug-likeness (QED) is 0.527. The van der Waals surface area contributed by atoms with Gasteiger partial charge in [-0.25, -0.2) is 12.8 Å². The maximum absolute atomic E-state index is 13.0. The summed E-state index contributed by atoms with van der Waals surface area (Å²) < 4.78 is 40.1. The number of benzene rings is 3. The maximum atomic E-state index is 13.0. The standard InChI is InChI=1S/C22H19FN2O3S/c1-14(25-29(27,28)19-10-7-17(23)8-11-19)22(26)24-18-9-6-16-12-15-4-2-3-5-20(15)21(16)13-18/h2-11,13-14,25H,12H2,1H3,(H,24,26)/t14-/m0/s1. The number of carbonyl (C=O) groups excluding carboxylic acids is 1. The van der Waals surface area contributed by atoms with Crippen molar-refractivity contribution in [1.82, 2.24) is 4.72 Å². The van der Waals surface area contributed by atoms with Crippen LogP contribution in [0.2, 0.25) is 0 Å². The molecule has 0 fully saturated rings. The Morgan fingerprint density at radius 2 is 1.66 bits per heavy atom. The number of fused-ring (bicyclic) bond motifs is 3. The molecule has 0 saturated heterocycles. The summed E-state index contributed by atoms with van der Waals surface area (Å²) in [6, 6.07) is 17.2. The molecule has 1 atom stereocenters. The molecule has 7 heteroatoms. The number of nitrogens with one attached hydrogen (secondary N) is 2. The number of anilines is 1. The molecule has 1 amide bonds. The van der Waals surface area contributed by atoms with Crippen molar-refractivity contribution in [2.75, 3.05) is 5.32 Å². The molecule has 0 spiro atoms. The predicted octanol–water partition coefficient (Wildman–Crippen LogP) is 3.70. The van der Waals surface area contributed by atoms with E-state index >= 15 is 0 Å². The van der Waals surface area contributed by atoms with Gasteiger partial charge < -0.3 is 5.32 Å². The van der Waals surface area contributed by atoms with Gasteiger partial charge in [-0.1, -0.05) is 30.3 Å². The fraction of sp³-hybridized carbons (Fsp3) is 0.136. The first kappa shape index (κ1) is 19.3. The SMILES string of the molecule is C[C@H](NS(=O)(=O)c1ccc(F)cc1)C(=O)Nc1ccc2c(c1)-c1ccccc1C2. The fourth-order valence-electron chi connectivity index (χ4n) is 3.42. The van der Waals surface area contributed by atoms with Gasteiger partial charge in [0.25, 0.3) is 0 Å². The molecule has 0 bridgehead atoms. The van der Waals surface area contributed by atoms with Gasteiger partial charge in [-0.2, -0.15) is 4.72 Å². The van der Waals surface area contributed by atoms with Crippen LogP contribution in [0.5, 0.6) is 0 Å². The molecular formula is C22H19FN2O3S. The summed E-state index contributed by atoms with van der Waals surface area (Å²) in [5.74, 6) is -1.02. The monoisotopic (exact) mass is 410 g/mol. The molecule has 0 radical (unpaired) electrons. The highest BCUT2D eigenvalue weighted by Gasteiger charge is 2.23. The highest BCUT2D eigenvalue weighted by atomic mass is 32.2. The van der Waals surface area contributed by atoms with E-state index in [0.29, 0.717) is 5.69 Å². The van der Waals surface area contributed by atoms with E-state index in [0.717, 1.165) is 41.8 Å². The summed E-state index contributed by atoms with van der Waals surface area (Å²) in [6.07, 6.45) is 0.855. The van der Waals surface area contributed by atoms with Crippen molar-refractivity contribution < 1.29 is 17.6 Å². The van der Waals surface area contributed by atoms with Crippen LogP contribution >= 0.6 is 0 Å². The van der Waals surface area contributed by atoms with Gasteiger partial charge in [0.05, 0.1) is 10.9 Å². The summed E-state index contributed by atoms with van der Waals surface area (Å²) in [4.78, 5) is 12.4. The van der Waals surface area contributed by atoms with Crippen molar-refractivity contribution >= 4 is 21.6 Å². The second-order valence-electron chi connectivity index (χ2n) is 6.99. The first-order valence-electron chi connectivity index (χ1n) is 9.13. The van der Waals surface area contributed by atoms with E-state index in [9.17, 15) is 17.6 Å². The van der Waals surface area contributed by atoms with Gasteiger partial charge in [-0.15, -0.1) is 0 Å². The Balaban J connectivity index is 1.48. The summed E-state index contributed by atoms with van der Waals surface area (Å²) in [5.41, 5.74) is 5.24. The third-order valence-electron chi connectivity index (χ3n) is 4.91. The third kappa shape index (κ3) is 3.92. The lowest BCUT2D eigenvalue weighted by Gasteiger charge is -2.15. The average molecular weight is 410 g/mol. The Bertz CT molecular complexity index is 1190. The molecule has 3 aromatic carbocycles. The second-order valence-corrected chi connectivity index (χ2v) is 8.71. The molecule has 1 aliphatic rings. The largest absolute Gasteiger partial charge is 0.325 e. The van der Waals surface area contributed by atoms with Gasteiger partial charge in [0.2, 0.25) is 15.9 Å². The van der Waals surface area contributed by atoms with Crippen LogP contribution in [0.15, 0.2) is 71.6 Å². The zero-order valence-corrected chi connectivity index (χ0v) is 16.5. The first-order valence-corrected chi connectivity index (χ1v) is 10.6. The normalized spacial score (nSPS) is 13.4. The lowest BCUT2D eigenvalue weighted by molar-refractivity contribution is -0.117. The zero-order valence-electron chi connectivity index (χ0n) is 15.6. The van der Waals surface area contributed by atoms with Gasteiger partial charge in [-0.3, -0.25) is 4.79 Å². The molecule has 29 heavy (non-hydrogen) atoms. The highest BCUT2D eigenvalue weighted by molar-refractivity contribution is 7.89. The van der Waals surface area contributed by atoms with Crippen molar-refractivity contribution in [3.05, 3.63) is 83.7 Å². The first-order chi connectivity index (χ1) is 13.8. The predicted molar refractivity (Wildman–Crippen MR) is 109 cm³/mol. The Morgan fingerprint density at radius 1 is 0.966 bits per heavy atom. The third-order valence-corrected chi connectivity index (χ3v) is 6.47. The molecule has 4 rings (SSSR count). The Hall–Kier alpha value is -3.03. The zero-order chi connectivity index (χ0) is 20.6. The minimum absolute atomic E-state index is 0.104. The van der Waals surface area contributed by atoms with E-state index in [2.05, 4.69) is 16.1 Å². The lowest BCUT2D eigenvalue weighted by Crippen LogP contribution is -2.41. The summed E-state index contributed by atoms with van der Waals surface area (Å²) in [5, 5.41) is 2.76. The molecular weight excluding hydrogens is 391 g/mol. The molecule has 0 saturated carbocycles. The van der Waals surface area contributed by atoms with Crippen molar-refractivity contribution in [1.29, 1.82) is 0 Å². The van der Waals surface area contributed by atoms with Gasteiger partial charge in [0.15, 0.2) is 0 Å². The topological polar surface area (TPSA) is 75.3 Å². The molecule has 5 nitrogen and oxygen atoms in total. The average Bonchev–Trinajstić information content (AvgIpc) is 3.06. The molecule has 2 N–H and O–H groups in total. The number of hydrogen-bond acceptors (Lipinski definition) is 3. The van der Waals surface area contributed by atoms with Crippen molar-refractivity contribution in [2.24, 2.45) is 0 Å². The van der Waals surface area contributed by atoms with Crippen LogP contribution in [-0.2, 0) is 21.2 Å². The number of carbonyl (C=O) groups is 1. The molecule has 0 unspecified atom stereocenters. The van der Waals surface area contributed by atoms with E-state index in [-0.39, 0.29) is 4.90 Å². The molecule has 1 aliphatic carbocycles. The maximum Gasteiger partial charge on any atom is 0.242 e. The van der Waals surface area contributed by atoms with Gasteiger partial charge in [0, 0.05) is 5.69 Å². The number of halogens is 1. The highest BCUT2D eigenvalue weighted by Crippen LogP contribution is 2.37. The Labute approximate surface area is 168 Å². The lowest BCUT2D eigenvalue weighted by atomic mass is 10.1. The van der Waals surface area contributed by atoms with Crippen LogP contribution in [0.3, 0.4) is 0 Å². The van der Waals surface area contributed by atoms with Crippen LogP contribution < -0.4 is 10.0 Å². The minimum Gasteiger partial charge on any atom is -0.325 e.